The fourth-order valence-corrected chi connectivity index (χ4v) is 1.25. The molecular weight excluding hydrogens is 170 g/mol. The second kappa shape index (κ2) is 3.18. The number of nitrogens with zero attached hydrogens (tertiary/aromatic N) is 2. The van der Waals surface area contributed by atoms with Crippen LogP contribution >= 0.6 is 0 Å². The van der Waals surface area contributed by atoms with Crippen LogP contribution in [0, 0.1) is 5.92 Å². The summed E-state index contributed by atoms with van der Waals surface area (Å²) in [5, 5.41) is 4.02. The molecule has 0 aromatic carbocycles. The predicted octanol–water partition coefficient (Wildman–Crippen LogP) is -0.372. The zero-order valence-corrected chi connectivity index (χ0v) is 7.14. The molecule has 0 unspecified atom stereocenters. The van der Waals surface area contributed by atoms with Gasteiger partial charge in [-0.3, -0.25) is 9.48 Å². The van der Waals surface area contributed by atoms with Gasteiger partial charge in [-0.2, -0.15) is 5.10 Å². The van der Waals surface area contributed by atoms with Crippen molar-refractivity contribution in [1.82, 2.24) is 9.78 Å². The number of carbonyl (C=O) groups is 1. The van der Waals surface area contributed by atoms with Crippen LogP contribution in [-0.4, -0.2) is 28.9 Å². The normalized spacial score (nSPS) is 16.9. The number of carbonyl (C=O) groups excluding carboxylic acids is 1. The molecule has 5 nitrogen and oxygen atoms in total. The molecule has 1 saturated heterocycles. The summed E-state index contributed by atoms with van der Waals surface area (Å²) in [6, 6.07) is 1.63. The second-order valence-electron chi connectivity index (χ2n) is 3.19. The fourth-order valence-electron chi connectivity index (χ4n) is 1.25. The van der Waals surface area contributed by atoms with Crippen molar-refractivity contribution in [3.8, 4) is 0 Å². The van der Waals surface area contributed by atoms with Gasteiger partial charge in [-0.25, -0.2) is 0 Å². The highest BCUT2D eigenvalue weighted by molar-refractivity contribution is 5.90. The molecule has 0 atom stereocenters. The lowest BCUT2D eigenvalue weighted by molar-refractivity contribution is -0.0408. The minimum Gasteiger partial charge on any atom is -0.381 e. The van der Waals surface area contributed by atoms with Crippen LogP contribution < -0.4 is 5.73 Å². The average molecular weight is 181 g/mol. The molecule has 2 N–H and O–H groups in total. The first-order valence-corrected chi connectivity index (χ1v) is 4.16. The molecule has 0 radical (unpaired) electrons. The Morgan fingerprint density at radius 1 is 1.77 bits per heavy atom. The molecule has 13 heavy (non-hydrogen) atoms. The number of aromatic nitrogens is 2. The van der Waals surface area contributed by atoms with E-state index in [-0.39, 0.29) is 0 Å². The van der Waals surface area contributed by atoms with Crippen LogP contribution in [0.2, 0.25) is 0 Å². The van der Waals surface area contributed by atoms with E-state index in [1.54, 1.807) is 16.9 Å². The predicted molar refractivity (Wildman–Crippen MR) is 45.1 cm³/mol. The van der Waals surface area contributed by atoms with Crippen molar-refractivity contribution in [3.63, 3.8) is 0 Å². The molecule has 1 aliphatic rings. The van der Waals surface area contributed by atoms with E-state index in [1.165, 1.54) is 0 Å². The van der Waals surface area contributed by atoms with Crippen molar-refractivity contribution in [2.75, 3.05) is 13.2 Å². The van der Waals surface area contributed by atoms with Gasteiger partial charge in [-0.15, -0.1) is 0 Å². The Morgan fingerprint density at radius 2 is 2.54 bits per heavy atom. The van der Waals surface area contributed by atoms with Gasteiger partial charge < -0.3 is 10.5 Å². The third-order valence-electron chi connectivity index (χ3n) is 2.05. The van der Waals surface area contributed by atoms with Gasteiger partial charge in [-0.05, 0) is 6.07 Å². The summed E-state index contributed by atoms with van der Waals surface area (Å²) in [6.45, 7) is 2.37. The number of nitrogens with two attached hydrogens (primary N) is 1. The smallest absolute Gasteiger partial charge is 0.269 e. The molecule has 1 aromatic heterocycles. The molecule has 2 rings (SSSR count). The Balaban J connectivity index is 2.00. The molecule has 0 bridgehead atoms. The van der Waals surface area contributed by atoms with Crippen molar-refractivity contribution >= 4 is 5.91 Å². The van der Waals surface area contributed by atoms with Gasteiger partial charge in [-0.1, -0.05) is 0 Å². The minimum absolute atomic E-state index is 0.320. The number of ether oxygens (including phenoxy) is 1. The van der Waals surface area contributed by atoms with Gasteiger partial charge in [0.1, 0.15) is 5.69 Å². The third kappa shape index (κ3) is 1.70. The van der Waals surface area contributed by atoms with E-state index in [4.69, 9.17) is 10.5 Å². The molecule has 2 heterocycles. The lowest BCUT2D eigenvalue weighted by Crippen LogP contribution is -2.31. The molecule has 0 saturated carbocycles. The lowest BCUT2D eigenvalue weighted by Gasteiger charge is -2.25. The van der Waals surface area contributed by atoms with Crippen LogP contribution in [0.1, 0.15) is 10.5 Å². The Hall–Kier alpha value is -1.36. The Kier molecular flexibility index (Phi) is 2.02. The van der Waals surface area contributed by atoms with E-state index < -0.39 is 5.91 Å². The van der Waals surface area contributed by atoms with Crippen molar-refractivity contribution in [2.45, 2.75) is 6.54 Å². The van der Waals surface area contributed by atoms with Crippen LogP contribution in [0.25, 0.3) is 0 Å². The van der Waals surface area contributed by atoms with Gasteiger partial charge in [0.05, 0.1) is 13.2 Å². The highest BCUT2D eigenvalue weighted by Crippen LogP contribution is 2.12. The first kappa shape index (κ1) is 8.25. The maximum atomic E-state index is 10.7. The van der Waals surface area contributed by atoms with E-state index in [9.17, 15) is 4.79 Å². The van der Waals surface area contributed by atoms with Gasteiger partial charge in [0.15, 0.2) is 0 Å². The standard InChI is InChI=1S/C8H11N3O2/c9-8(12)7-1-2-11(10-7)3-6-4-13-5-6/h1-2,6H,3-5H2,(H2,9,12). The molecule has 1 fully saturated rings. The van der Waals surface area contributed by atoms with E-state index in [2.05, 4.69) is 5.10 Å². The Labute approximate surface area is 75.5 Å². The number of rotatable bonds is 3. The molecule has 1 aliphatic heterocycles. The number of hydrogen-bond donors (Lipinski definition) is 1. The van der Waals surface area contributed by atoms with E-state index in [1.807, 2.05) is 0 Å². The second-order valence-corrected chi connectivity index (χ2v) is 3.19. The summed E-state index contributed by atoms with van der Waals surface area (Å²) in [5.74, 6) is 0.0456. The first-order chi connectivity index (χ1) is 6.25. The molecule has 5 heteroatoms. The number of primary amides is 1. The largest absolute Gasteiger partial charge is 0.381 e. The lowest BCUT2D eigenvalue weighted by atomic mass is 10.1. The van der Waals surface area contributed by atoms with Crippen LogP contribution in [0.3, 0.4) is 0 Å². The van der Waals surface area contributed by atoms with Crippen molar-refractivity contribution in [3.05, 3.63) is 18.0 Å². The number of hydrogen-bond acceptors (Lipinski definition) is 3. The first-order valence-electron chi connectivity index (χ1n) is 4.16. The van der Waals surface area contributed by atoms with E-state index in [0.717, 1.165) is 19.8 Å². The topological polar surface area (TPSA) is 70.1 Å². The molecule has 0 spiro atoms. The maximum Gasteiger partial charge on any atom is 0.269 e. The molecular formula is C8H11N3O2. The highest BCUT2D eigenvalue weighted by atomic mass is 16.5. The Bertz CT molecular complexity index is 317. The molecule has 1 aromatic rings. The zero-order chi connectivity index (χ0) is 9.26. The van der Waals surface area contributed by atoms with Crippen molar-refractivity contribution in [1.29, 1.82) is 0 Å². The summed E-state index contributed by atoms with van der Waals surface area (Å²) < 4.78 is 6.76. The van der Waals surface area contributed by atoms with Crippen LogP contribution in [0.4, 0.5) is 0 Å². The Morgan fingerprint density at radius 3 is 3.00 bits per heavy atom. The van der Waals surface area contributed by atoms with Gasteiger partial charge in [0.25, 0.3) is 5.91 Å². The van der Waals surface area contributed by atoms with E-state index >= 15 is 0 Å². The maximum absolute atomic E-state index is 10.7. The minimum atomic E-state index is -0.483. The molecule has 70 valence electrons. The summed E-state index contributed by atoms with van der Waals surface area (Å²) >= 11 is 0. The molecule has 1 amide bonds. The third-order valence-corrected chi connectivity index (χ3v) is 2.05. The van der Waals surface area contributed by atoms with Crippen LogP contribution in [0.5, 0.6) is 0 Å². The average Bonchev–Trinajstić information content (AvgIpc) is 2.44. The fraction of sp³-hybridized carbons (Fsp3) is 0.500. The SMILES string of the molecule is NC(=O)c1ccn(CC2COC2)n1. The summed E-state index contributed by atoms with van der Waals surface area (Å²) in [7, 11) is 0. The summed E-state index contributed by atoms with van der Waals surface area (Å²) in [5.41, 5.74) is 5.38. The van der Waals surface area contributed by atoms with Gasteiger partial charge >= 0.3 is 0 Å². The quantitative estimate of drug-likeness (QED) is 0.691. The summed E-state index contributed by atoms with van der Waals surface area (Å²) in [6.07, 6.45) is 1.76. The highest BCUT2D eigenvalue weighted by Gasteiger charge is 2.19. The monoisotopic (exact) mass is 181 g/mol. The summed E-state index contributed by atoms with van der Waals surface area (Å²) in [4.78, 5) is 10.7. The van der Waals surface area contributed by atoms with E-state index in [0.29, 0.717) is 11.6 Å². The van der Waals surface area contributed by atoms with Crippen molar-refractivity contribution < 1.29 is 9.53 Å². The van der Waals surface area contributed by atoms with Gasteiger partial charge in [0, 0.05) is 18.7 Å². The van der Waals surface area contributed by atoms with Crippen LogP contribution in [0.15, 0.2) is 12.3 Å². The zero-order valence-electron chi connectivity index (χ0n) is 7.14. The number of amides is 1. The van der Waals surface area contributed by atoms with Crippen LogP contribution in [-0.2, 0) is 11.3 Å². The van der Waals surface area contributed by atoms with Crippen molar-refractivity contribution in [2.24, 2.45) is 11.7 Å². The molecule has 0 aliphatic carbocycles. The van der Waals surface area contributed by atoms with Gasteiger partial charge in [0.2, 0.25) is 0 Å².